The second kappa shape index (κ2) is 8.97. The van der Waals surface area contributed by atoms with Crippen LogP contribution in [0.1, 0.15) is 20.8 Å². The Balaban J connectivity index is 0. The van der Waals surface area contributed by atoms with E-state index in [1.54, 1.807) is 6.92 Å². The molecule has 1 atom stereocenters. The van der Waals surface area contributed by atoms with E-state index in [4.69, 9.17) is 5.73 Å². The third-order valence-corrected chi connectivity index (χ3v) is 2.70. The minimum atomic E-state index is -0.360. The standard InChI is InChI=1S/C11H23N3O.2ClH/c1-9(2)8-13-4-6-14(7-5-13)11(15)10(3)12;;/h9-10H,4-8,12H2,1-3H3;2*1H/t10-;;/m1../s1. The molecule has 1 aliphatic rings. The van der Waals surface area contributed by atoms with Crippen LogP contribution in [0.25, 0.3) is 0 Å². The number of hydrogen-bond donors (Lipinski definition) is 1. The Kier molecular flexibility index (Phi) is 10.2. The number of nitrogens with two attached hydrogens (primary N) is 1. The Hall–Kier alpha value is -0.0300. The molecule has 0 aromatic rings. The van der Waals surface area contributed by atoms with E-state index in [1.165, 1.54) is 0 Å². The van der Waals surface area contributed by atoms with Crippen molar-refractivity contribution < 1.29 is 4.79 Å². The number of carbonyl (C=O) groups excluding carboxylic acids is 1. The number of nitrogens with zero attached hydrogens (tertiary/aromatic N) is 2. The van der Waals surface area contributed by atoms with Crippen LogP contribution in [0.4, 0.5) is 0 Å². The molecule has 1 rings (SSSR count). The zero-order chi connectivity index (χ0) is 11.4. The van der Waals surface area contributed by atoms with Gasteiger partial charge in [0.1, 0.15) is 0 Å². The van der Waals surface area contributed by atoms with Gasteiger partial charge in [-0.25, -0.2) is 0 Å². The molecule has 0 aromatic carbocycles. The summed E-state index contributed by atoms with van der Waals surface area (Å²) >= 11 is 0. The molecule has 0 saturated carbocycles. The molecule has 0 radical (unpaired) electrons. The van der Waals surface area contributed by atoms with Crippen LogP contribution in [0.2, 0.25) is 0 Å². The van der Waals surface area contributed by atoms with E-state index in [2.05, 4.69) is 18.7 Å². The maximum atomic E-state index is 11.6. The van der Waals surface area contributed by atoms with Crippen LogP contribution >= 0.6 is 24.8 Å². The van der Waals surface area contributed by atoms with Gasteiger partial charge >= 0.3 is 0 Å². The largest absolute Gasteiger partial charge is 0.339 e. The van der Waals surface area contributed by atoms with Gasteiger partial charge in [0, 0.05) is 32.7 Å². The number of rotatable bonds is 3. The molecule has 0 aromatic heterocycles. The first-order valence-electron chi connectivity index (χ1n) is 5.77. The van der Waals surface area contributed by atoms with Crippen molar-refractivity contribution in [2.75, 3.05) is 32.7 Å². The molecule has 1 saturated heterocycles. The molecule has 1 heterocycles. The van der Waals surface area contributed by atoms with Crippen LogP contribution < -0.4 is 5.73 Å². The lowest BCUT2D eigenvalue weighted by Gasteiger charge is -2.36. The topological polar surface area (TPSA) is 49.6 Å². The fraction of sp³-hybridized carbons (Fsp3) is 0.909. The monoisotopic (exact) mass is 285 g/mol. The normalized spacial score (nSPS) is 18.3. The first-order chi connectivity index (χ1) is 7.00. The second-order valence-electron chi connectivity index (χ2n) is 4.81. The summed E-state index contributed by atoms with van der Waals surface area (Å²) in [7, 11) is 0. The molecule has 0 unspecified atom stereocenters. The summed E-state index contributed by atoms with van der Waals surface area (Å²) < 4.78 is 0. The van der Waals surface area contributed by atoms with E-state index >= 15 is 0 Å². The minimum absolute atomic E-state index is 0. The molecule has 6 heteroatoms. The maximum absolute atomic E-state index is 11.6. The Morgan fingerprint density at radius 2 is 1.59 bits per heavy atom. The van der Waals surface area contributed by atoms with Gasteiger partial charge < -0.3 is 10.6 Å². The van der Waals surface area contributed by atoms with Crippen molar-refractivity contribution in [2.45, 2.75) is 26.8 Å². The van der Waals surface area contributed by atoms with Crippen molar-refractivity contribution in [3.63, 3.8) is 0 Å². The van der Waals surface area contributed by atoms with Crippen LogP contribution in [0.15, 0.2) is 0 Å². The van der Waals surface area contributed by atoms with Crippen molar-refractivity contribution in [3.05, 3.63) is 0 Å². The lowest BCUT2D eigenvalue weighted by atomic mass is 10.2. The smallest absolute Gasteiger partial charge is 0.239 e. The van der Waals surface area contributed by atoms with Gasteiger partial charge in [-0.2, -0.15) is 0 Å². The molecule has 2 N–H and O–H groups in total. The first kappa shape index (κ1) is 19.3. The molecular formula is C11H25Cl2N3O. The zero-order valence-electron chi connectivity index (χ0n) is 10.9. The average Bonchev–Trinajstić information content (AvgIpc) is 2.17. The van der Waals surface area contributed by atoms with E-state index in [0.717, 1.165) is 32.7 Å². The van der Waals surface area contributed by atoms with Crippen molar-refractivity contribution in [1.29, 1.82) is 0 Å². The molecule has 17 heavy (non-hydrogen) atoms. The quantitative estimate of drug-likeness (QED) is 0.841. The summed E-state index contributed by atoms with van der Waals surface area (Å²) in [5.74, 6) is 0.778. The summed E-state index contributed by atoms with van der Waals surface area (Å²) in [4.78, 5) is 15.9. The summed E-state index contributed by atoms with van der Waals surface area (Å²) in [5.41, 5.74) is 5.58. The molecule has 4 nitrogen and oxygen atoms in total. The maximum Gasteiger partial charge on any atom is 0.239 e. The van der Waals surface area contributed by atoms with E-state index < -0.39 is 0 Å². The molecule has 1 amide bonds. The Bertz CT molecular complexity index is 217. The molecule has 0 aliphatic carbocycles. The fourth-order valence-corrected chi connectivity index (χ4v) is 1.96. The Morgan fingerprint density at radius 1 is 1.12 bits per heavy atom. The highest BCUT2D eigenvalue weighted by Gasteiger charge is 2.22. The predicted molar refractivity (Wildman–Crippen MR) is 76.0 cm³/mol. The van der Waals surface area contributed by atoms with Crippen LogP contribution in [0, 0.1) is 5.92 Å². The van der Waals surface area contributed by atoms with Gasteiger partial charge in [-0.15, -0.1) is 24.8 Å². The van der Waals surface area contributed by atoms with E-state index in [0.29, 0.717) is 5.92 Å². The highest BCUT2D eigenvalue weighted by atomic mass is 35.5. The van der Waals surface area contributed by atoms with Gasteiger partial charge in [-0.1, -0.05) is 13.8 Å². The van der Waals surface area contributed by atoms with Crippen molar-refractivity contribution in [3.8, 4) is 0 Å². The number of amides is 1. The van der Waals surface area contributed by atoms with Gasteiger partial charge in [-0.3, -0.25) is 9.69 Å². The lowest BCUT2D eigenvalue weighted by molar-refractivity contribution is -0.134. The molecule has 1 aliphatic heterocycles. The molecular weight excluding hydrogens is 261 g/mol. The second-order valence-corrected chi connectivity index (χ2v) is 4.81. The van der Waals surface area contributed by atoms with E-state index in [9.17, 15) is 4.79 Å². The highest BCUT2D eigenvalue weighted by Crippen LogP contribution is 2.06. The summed E-state index contributed by atoms with van der Waals surface area (Å²) in [6.07, 6.45) is 0. The lowest BCUT2D eigenvalue weighted by Crippen LogP contribution is -2.52. The van der Waals surface area contributed by atoms with Gasteiger partial charge in [-0.05, 0) is 12.8 Å². The third-order valence-electron chi connectivity index (χ3n) is 2.70. The van der Waals surface area contributed by atoms with Crippen LogP contribution in [0.5, 0.6) is 0 Å². The van der Waals surface area contributed by atoms with Crippen LogP contribution in [-0.4, -0.2) is 54.5 Å². The Morgan fingerprint density at radius 3 is 1.94 bits per heavy atom. The minimum Gasteiger partial charge on any atom is -0.339 e. The van der Waals surface area contributed by atoms with E-state index in [1.807, 2.05) is 4.90 Å². The van der Waals surface area contributed by atoms with Crippen LogP contribution in [-0.2, 0) is 4.79 Å². The zero-order valence-corrected chi connectivity index (χ0v) is 12.5. The van der Waals surface area contributed by atoms with Gasteiger partial charge in [0.25, 0.3) is 0 Å². The molecule has 1 fully saturated rings. The fourth-order valence-electron chi connectivity index (χ4n) is 1.96. The number of piperazine rings is 1. The van der Waals surface area contributed by atoms with Gasteiger partial charge in [0.2, 0.25) is 5.91 Å². The van der Waals surface area contributed by atoms with Crippen molar-refractivity contribution >= 4 is 30.7 Å². The van der Waals surface area contributed by atoms with Crippen molar-refractivity contribution in [2.24, 2.45) is 11.7 Å². The van der Waals surface area contributed by atoms with Crippen molar-refractivity contribution in [1.82, 2.24) is 9.80 Å². The van der Waals surface area contributed by atoms with E-state index in [-0.39, 0.29) is 36.8 Å². The molecule has 0 spiro atoms. The van der Waals surface area contributed by atoms with Crippen LogP contribution in [0.3, 0.4) is 0 Å². The number of hydrogen-bond acceptors (Lipinski definition) is 3. The SMILES string of the molecule is CC(C)CN1CCN(C(=O)[C@@H](C)N)CC1.Cl.Cl. The van der Waals surface area contributed by atoms with Gasteiger partial charge in [0.15, 0.2) is 0 Å². The summed E-state index contributed by atoms with van der Waals surface area (Å²) in [6, 6.07) is -0.360. The third kappa shape index (κ3) is 6.46. The van der Waals surface area contributed by atoms with Gasteiger partial charge in [0.05, 0.1) is 6.04 Å². The molecule has 104 valence electrons. The molecule has 0 bridgehead atoms. The first-order valence-corrected chi connectivity index (χ1v) is 5.77. The number of halogens is 2. The predicted octanol–water partition coefficient (Wildman–Crippen LogP) is 0.977. The Labute approximate surface area is 117 Å². The number of carbonyl (C=O) groups is 1. The summed E-state index contributed by atoms with van der Waals surface area (Å²) in [6.45, 7) is 10.9. The average molecular weight is 286 g/mol. The summed E-state index contributed by atoms with van der Waals surface area (Å²) in [5, 5.41) is 0. The highest BCUT2D eigenvalue weighted by molar-refractivity contribution is 5.85.